The molecule has 27 heavy (non-hydrogen) atoms. The van der Waals surface area contributed by atoms with Gasteiger partial charge in [0.2, 0.25) is 0 Å². The quantitative estimate of drug-likeness (QED) is 0.689. The first kappa shape index (κ1) is 20.0. The fourth-order valence-corrected chi connectivity index (χ4v) is 2.50. The fraction of sp³-hybridized carbons (Fsp3) is 0.286. The molecule has 0 spiro atoms. The normalized spacial score (nSPS) is 9.85. The Balaban J connectivity index is 1.98. The molecule has 0 radical (unpaired) electrons. The van der Waals surface area contributed by atoms with Crippen LogP contribution in [0.4, 0.5) is 0 Å². The minimum atomic E-state index is -0.248. The number of amides is 1. The fourth-order valence-electron chi connectivity index (χ4n) is 2.50. The van der Waals surface area contributed by atoms with Crippen molar-refractivity contribution in [2.45, 2.75) is 6.42 Å². The maximum atomic E-state index is 12.5. The molecule has 0 aliphatic carbocycles. The Morgan fingerprint density at radius 1 is 1.00 bits per heavy atom. The molecule has 0 saturated heterocycles. The van der Waals surface area contributed by atoms with Gasteiger partial charge in [0.25, 0.3) is 5.91 Å². The Bertz CT molecular complexity index is 809. The van der Waals surface area contributed by atoms with Crippen molar-refractivity contribution in [3.8, 4) is 35.3 Å². The summed E-state index contributed by atoms with van der Waals surface area (Å²) in [5.74, 6) is 4.27. The monoisotopic (exact) mass is 369 g/mol. The molecule has 0 saturated carbocycles. The summed E-state index contributed by atoms with van der Waals surface area (Å²) >= 11 is 0. The van der Waals surface area contributed by atoms with Crippen LogP contribution in [0.15, 0.2) is 36.4 Å². The molecule has 1 amide bonds. The van der Waals surface area contributed by atoms with Crippen molar-refractivity contribution >= 4 is 5.91 Å². The summed E-state index contributed by atoms with van der Waals surface area (Å²) in [5.41, 5.74) is 1.45. The van der Waals surface area contributed by atoms with Crippen LogP contribution in [0.5, 0.6) is 23.0 Å². The van der Waals surface area contributed by atoms with Gasteiger partial charge in [0.15, 0.2) is 11.5 Å². The Hall–Kier alpha value is -3.33. The SMILES string of the molecule is C#CCOc1ccc(CCNC(=O)c2cc(OC)c(OC)cc2OC)cc1. The molecule has 142 valence electrons. The Labute approximate surface area is 159 Å². The van der Waals surface area contributed by atoms with E-state index in [0.717, 1.165) is 11.3 Å². The average molecular weight is 369 g/mol. The summed E-state index contributed by atoms with van der Waals surface area (Å²) in [6.45, 7) is 0.712. The van der Waals surface area contributed by atoms with Crippen molar-refractivity contribution in [1.29, 1.82) is 0 Å². The molecule has 0 aromatic heterocycles. The van der Waals surface area contributed by atoms with Gasteiger partial charge in [-0.2, -0.15) is 0 Å². The van der Waals surface area contributed by atoms with E-state index < -0.39 is 0 Å². The molecule has 0 unspecified atom stereocenters. The van der Waals surface area contributed by atoms with Crippen LogP contribution < -0.4 is 24.3 Å². The minimum absolute atomic E-state index is 0.239. The third-order valence-electron chi connectivity index (χ3n) is 3.90. The third-order valence-corrected chi connectivity index (χ3v) is 3.90. The van der Waals surface area contributed by atoms with E-state index in [2.05, 4.69) is 11.2 Å². The molecular formula is C21H23NO5. The van der Waals surface area contributed by atoms with E-state index >= 15 is 0 Å². The lowest BCUT2D eigenvalue weighted by molar-refractivity contribution is 0.0950. The highest BCUT2D eigenvalue weighted by molar-refractivity contribution is 5.97. The predicted molar refractivity (Wildman–Crippen MR) is 103 cm³/mol. The van der Waals surface area contributed by atoms with Crippen LogP contribution >= 0.6 is 0 Å². The van der Waals surface area contributed by atoms with Gasteiger partial charge in [-0.05, 0) is 24.1 Å². The molecule has 2 aromatic carbocycles. The van der Waals surface area contributed by atoms with Gasteiger partial charge in [0.1, 0.15) is 18.1 Å². The second kappa shape index (κ2) is 9.97. The summed E-state index contributed by atoms with van der Waals surface area (Å²) in [6.07, 6.45) is 5.84. The topological polar surface area (TPSA) is 66.0 Å². The highest BCUT2D eigenvalue weighted by Gasteiger charge is 2.17. The van der Waals surface area contributed by atoms with Crippen LogP contribution in [0.2, 0.25) is 0 Å². The molecule has 2 rings (SSSR count). The molecule has 0 atom stereocenters. The summed E-state index contributed by atoms with van der Waals surface area (Å²) < 4.78 is 21.1. The average Bonchev–Trinajstić information content (AvgIpc) is 2.71. The molecule has 0 aliphatic rings. The first-order valence-corrected chi connectivity index (χ1v) is 8.36. The van der Waals surface area contributed by atoms with Crippen LogP contribution in [0.1, 0.15) is 15.9 Å². The number of carbonyl (C=O) groups is 1. The highest BCUT2D eigenvalue weighted by Crippen LogP contribution is 2.34. The number of rotatable bonds is 9. The van der Waals surface area contributed by atoms with Crippen LogP contribution in [0, 0.1) is 12.3 Å². The van der Waals surface area contributed by atoms with Crippen molar-refractivity contribution < 1.29 is 23.7 Å². The van der Waals surface area contributed by atoms with Gasteiger partial charge in [-0.25, -0.2) is 0 Å². The molecular weight excluding hydrogens is 346 g/mol. The zero-order valence-corrected chi connectivity index (χ0v) is 15.7. The van der Waals surface area contributed by atoms with Crippen molar-refractivity contribution in [2.75, 3.05) is 34.5 Å². The van der Waals surface area contributed by atoms with Crippen LogP contribution in [0.25, 0.3) is 0 Å². The first-order chi connectivity index (χ1) is 13.1. The van der Waals surface area contributed by atoms with E-state index in [-0.39, 0.29) is 12.5 Å². The number of terminal acetylenes is 1. The van der Waals surface area contributed by atoms with Gasteiger partial charge < -0.3 is 24.3 Å². The van der Waals surface area contributed by atoms with E-state index in [4.69, 9.17) is 25.4 Å². The predicted octanol–water partition coefficient (Wildman–Crippen LogP) is 2.70. The lowest BCUT2D eigenvalue weighted by Gasteiger charge is -2.14. The summed E-state index contributed by atoms with van der Waals surface area (Å²) in [7, 11) is 4.55. The van der Waals surface area contributed by atoms with E-state index in [9.17, 15) is 4.79 Å². The van der Waals surface area contributed by atoms with E-state index in [1.165, 1.54) is 21.3 Å². The van der Waals surface area contributed by atoms with Gasteiger partial charge >= 0.3 is 0 Å². The van der Waals surface area contributed by atoms with Crippen molar-refractivity contribution in [3.63, 3.8) is 0 Å². The van der Waals surface area contributed by atoms with Crippen LogP contribution in [0.3, 0.4) is 0 Å². The second-order valence-electron chi connectivity index (χ2n) is 5.55. The minimum Gasteiger partial charge on any atom is -0.496 e. The zero-order chi connectivity index (χ0) is 19.6. The Kier molecular flexibility index (Phi) is 7.38. The van der Waals surface area contributed by atoms with Crippen molar-refractivity contribution in [1.82, 2.24) is 5.32 Å². The number of hydrogen-bond acceptors (Lipinski definition) is 5. The maximum Gasteiger partial charge on any atom is 0.255 e. The Morgan fingerprint density at radius 2 is 1.63 bits per heavy atom. The summed E-state index contributed by atoms with van der Waals surface area (Å²) in [5, 5.41) is 2.89. The molecule has 2 aromatic rings. The molecule has 0 fully saturated rings. The number of benzene rings is 2. The van der Waals surface area contributed by atoms with Crippen LogP contribution in [-0.2, 0) is 6.42 Å². The van der Waals surface area contributed by atoms with E-state index in [1.807, 2.05) is 24.3 Å². The third kappa shape index (κ3) is 5.32. The number of ether oxygens (including phenoxy) is 4. The van der Waals surface area contributed by atoms with Gasteiger partial charge in [0, 0.05) is 18.7 Å². The maximum absolute atomic E-state index is 12.5. The molecule has 6 heteroatoms. The number of carbonyl (C=O) groups excluding carboxylic acids is 1. The molecule has 6 nitrogen and oxygen atoms in total. The molecule has 0 bridgehead atoms. The van der Waals surface area contributed by atoms with E-state index in [0.29, 0.717) is 35.8 Å². The zero-order valence-electron chi connectivity index (χ0n) is 15.7. The number of hydrogen-bond donors (Lipinski definition) is 1. The largest absolute Gasteiger partial charge is 0.496 e. The van der Waals surface area contributed by atoms with Crippen molar-refractivity contribution in [3.05, 3.63) is 47.5 Å². The standard InChI is InChI=1S/C21H23NO5/c1-5-12-27-16-8-6-15(7-9-16)10-11-22-21(23)17-13-19(25-3)20(26-4)14-18(17)24-2/h1,6-9,13-14H,10-12H2,2-4H3,(H,22,23). The van der Waals surface area contributed by atoms with Gasteiger partial charge in [-0.1, -0.05) is 18.1 Å². The van der Waals surface area contributed by atoms with Gasteiger partial charge in [-0.15, -0.1) is 6.42 Å². The molecule has 0 heterocycles. The first-order valence-electron chi connectivity index (χ1n) is 8.36. The molecule has 0 aliphatic heterocycles. The van der Waals surface area contributed by atoms with E-state index in [1.54, 1.807) is 12.1 Å². The summed E-state index contributed by atoms with van der Waals surface area (Å²) in [6, 6.07) is 10.8. The van der Waals surface area contributed by atoms with Crippen LogP contribution in [-0.4, -0.2) is 40.4 Å². The highest BCUT2D eigenvalue weighted by atomic mass is 16.5. The van der Waals surface area contributed by atoms with Gasteiger partial charge in [0.05, 0.1) is 26.9 Å². The summed E-state index contributed by atoms with van der Waals surface area (Å²) in [4.78, 5) is 12.5. The van der Waals surface area contributed by atoms with Gasteiger partial charge in [-0.3, -0.25) is 4.79 Å². The molecule has 1 N–H and O–H groups in total. The second-order valence-corrected chi connectivity index (χ2v) is 5.55. The lowest BCUT2D eigenvalue weighted by atomic mass is 10.1. The van der Waals surface area contributed by atoms with Crippen molar-refractivity contribution in [2.24, 2.45) is 0 Å². The number of nitrogens with one attached hydrogen (secondary N) is 1. The number of methoxy groups -OCH3 is 3. The lowest BCUT2D eigenvalue weighted by Crippen LogP contribution is -2.26. The Morgan fingerprint density at radius 3 is 2.22 bits per heavy atom. The smallest absolute Gasteiger partial charge is 0.255 e.